The van der Waals surface area contributed by atoms with Crippen molar-refractivity contribution in [3.05, 3.63) is 33.3 Å². The van der Waals surface area contributed by atoms with Crippen molar-refractivity contribution in [3.63, 3.8) is 0 Å². The van der Waals surface area contributed by atoms with E-state index < -0.39 is 4.92 Å². The number of nitro groups is 1. The summed E-state index contributed by atoms with van der Waals surface area (Å²) in [6.45, 7) is 4.71. The third-order valence-electron chi connectivity index (χ3n) is 4.78. The Morgan fingerprint density at radius 1 is 1.43 bits per heavy atom. The molecule has 2 saturated heterocycles. The molecule has 2 aliphatic heterocycles. The number of benzene rings is 1. The number of nitro benzene ring substituents is 1. The van der Waals surface area contributed by atoms with Gasteiger partial charge in [0.25, 0.3) is 5.69 Å². The van der Waals surface area contributed by atoms with Crippen LogP contribution >= 0.6 is 11.6 Å². The Kier molecular flexibility index (Phi) is 5.35. The van der Waals surface area contributed by atoms with Crippen LogP contribution in [0.3, 0.4) is 0 Å². The predicted molar refractivity (Wildman–Crippen MR) is 90.1 cm³/mol. The molecule has 1 aromatic carbocycles. The van der Waals surface area contributed by atoms with Gasteiger partial charge in [0.15, 0.2) is 0 Å². The van der Waals surface area contributed by atoms with Gasteiger partial charge in [-0.25, -0.2) is 0 Å². The molecule has 2 heterocycles. The maximum atomic E-state index is 10.8. The second-order valence-corrected chi connectivity index (χ2v) is 6.64. The number of ether oxygens (including phenoxy) is 1. The fraction of sp³-hybridized carbons (Fsp3) is 0.625. The molecule has 0 spiro atoms. The smallest absolute Gasteiger partial charge is 0.271 e. The average Bonchev–Trinajstić information content (AvgIpc) is 3.22. The van der Waals surface area contributed by atoms with Gasteiger partial charge in [0.1, 0.15) is 0 Å². The topological polar surface area (TPSA) is 67.6 Å². The van der Waals surface area contributed by atoms with Crippen LogP contribution in [-0.4, -0.2) is 48.7 Å². The molecule has 0 amide bonds. The second-order valence-electron chi connectivity index (χ2n) is 6.24. The maximum absolute atomic E-state index is 10.8. The Morgan fingerprint density at radius 2 is 2.22 bits per heavy atom. The molecule has 1 N–H and O–H groups in total. The van der Waals surface area contributed by atoms with Gasteiger partial charge in [0, 0.05) is 37.2 Å². The number of non-ortho nitro benzene ring substituents is 1. The number of rotatable bonds is 6. The van der Waals surface area contributed by atoms with Gasteiger partial charge in [-0.3, -0.25) is 15.0 Å². The molecular weight excluding hydrogens is 318 g/mol. The van der Waals surface area contributed by atoms with E-state index in [1.807, 2.05) is 0 Å². The summed E-state index contributed by atoms with van der Waals surface area (Å²) < 4.78 is 5.56. The van der Waals surface area contributed by atoms with Gasteiger partial charge in [-0.2, -0.15) is 0 Å². The van der Waals surface area contributed by atoms with Crippen LogP contribution in [0.4, 0.5) is 11.4 Å². The number of nitrogens with one attached hydrogen (secondary N) is 1. The number of nitrogens with zero attached hydrogens (tertiary/aromatic N) is 2. The fourth-order valence-corrected chi connectivity index (χ4v) is 3.74. The molecule has 126 valence electrons. The van der Waals surface area contributed by atoms with Gasteiger partial charge < -0.3 is 10.1 Å². The highest BCUT2D eigenvalue weighted by atomic mass is 35.5. The van der Waals surface area contributed by atoms with Gasteiger partial charge in [0.2, 0.25) is 0 Å². The van der Waals surface area contributed by atoms with Gasteiger partial charge >= 0.3 is 0 Å². The number of anilines is 1. The van der Waals surface area contributed by atoms with E-state index in [4.69, 9.17) is 16.3 Å². The lowest BCUT2D eigenvalue weighted by atomic mass is 9.97. The van der Waals surface area contributed by atoms with Crippen LogP contribution in [0.2, 0.25) is 5.02 Å². The van der Waals surface area contributed by atoms with E-state index in [-0.39, 0.29) is 5.69 Å². The fourth-order valence-electron chi connectivity index (χ4n) is 3.50. The van der Waals surface area contributed by atoms with E-state index in [1.54, 1.807) is 6.07 Å². The summed E-state index contributed by atoms with van der Waals surface area (Å²) in [7, 11) is 0. The van der Waals surface area contributed by atoms with Crippen LogP contribution in [0, 0.1) is 16.0 Å². The molecule has 0 aliphatic carbocycles. The molecule has 23 heavy (non-hydrogen) atoms. The molecule has 2 aliphatic rings. The molecular formula is C16H22ClN3O3. The summed E-state index contributed by atoms with van der Waals surface area (Å²) in [5.74, 6) is 0.539. The largest absolute Gasteiger partial charge is 0.382 e. The number of hydrogen-bond acceptors (Lipinski definition) is 5. The zero-order chi connectivity index (χ0) is 16.2. The molecule has 1 aromatic rings. The van der Waals surface area contributed by atoms with E-state index in [1.165, 1.54) is 25.0 Å². The first-order valence-electron chi connectivity index (χ1n) is 8.15. The van der Waals surface area contributed by atoms with Crippen LogP contribution in [0.5, 0.6) is 0 Å². The van der Waals surface area contributed by atoms with E-state index in [2.05, 4.69) is 10.2 Å². The van der Waals surface area contributed by atoms with Crippen molar-refractivity contribution in [1.29, 1.82) is 0 Å². The summed E-state index contributed by atoms with van der Waals surface area (Å²) in [4.78, 5) is 12.9. The predicted octanol–water partition coefficient (Wildman–Crippen LogP) is 3.16. The zero-order valence-corrected chi connectivity index (χ0v) is 13.8. The standard InChI is InChI=1S/C16H22ClN3O3/c17-14-9-13(20(21)22)3-4-15(14)18-10-16(12-5-8-23-11-12)19-6-1-2-7-19/h3-4,9,12,16,18H,1-2,5-8,10-11H2. The minimum atomic E-state index is -0.432. The Morgan fingerprint density at radius 3 is 2.83 bits per heavy atom. The molecule has 7 heteroatoms. The van der Waals surface area contributed by atoms with E-state index in [0.29, 0.717) is 17.0 Å². The Bertz CT molecular complexity index is 542. The minimum absolute atomic E-state index is 0.0147. The van der Waals surface area contributed by atoms with E-state index in [0.717, 1.165) is 45.0 Å². The van der Waals surface area contributed by atoms with Crippen molar-refractivity contribution >= 4 is 23.0 Å². The third-order valence-corrected chi connectivity index (χ3v) is 5.10. The van der Waals surface area contributed by atoms with Crippen molar-refractivity contribution in [2.24, 2.45) is 5.92 Å². The van der Waals surface area contributed by atoms with Gasteiger partial charge in [-0.05, 0) is 38.4 Å². The maximum Gasteiger partial charge on any atom is 0.271 e. The summed E-state index contributed by atoms with van der Waals surface area (Å²) in [6, 6.07) is 4.99. The molecule has 6 nitrogen and oxygen atoms in total. The first-order chi connectivity index (χ1) is 11.1. The number of halogens is 1. The minimum Gasteiger partial charge on any atom is -0.382 e. The Balaban J connectivity index is 1.67. The molecule has 2 fully saturated rings. The molecule has 3 rings (SSSR count). The van der Waals surface area contributed by atoms with Gasteiger partial charge in [-0.15, -0.1) is 0 Å². The lowest BCUT2D eigenvalue weighted by Gasteiger charge is -2.32. The highest BCUT2D eigenvalue weighted by molar-refractivity contribution is 6.33. The highest BCUT2D eigenvalue weighted by Gasteiger charge is 2.31. The van der Waals surface area contributed by atoms with Gasteiger partial charge in [0.05, 0.1) is 22.2 Å². The van der Waals surface area contributed by atoms with Crippen LogP contribution in [0.1, 0.15) is 19.3 Å². The monoisotopic (exact) mass is 339 g/mol. The first-order valence-corrected chi connectivity index (χ1v) is 8.52. The number of hydrogen-bond donors (Lipinski definition) is 1. The normalized spacial score (nSPS) is 23.1. The van der Waals surface area contributed by atoms with Crippen molar-refractivity contribution in [1.82, 2.24) is 4.90 Å². The summed E-state index contributed by atoms with van der Waals surface area (Å²) in [5.41, 5.74) is 0.765. The zero-order valence-electron chi connectivity index (χ0n) is 13.0. The van der Waals surface area contributed by atoms with Crippen molar-refractivity contribution in [2.75, 3.05) is 38.2 Å². The average molecular weight is 340 g/mol. The van der Waals surface area contributed by atoms with Crippen molar-refractivity contribution in [2.45, 2.75) is 25.3 Å². The second kappa shape index (κ2) is 7.47. The van der Waals surface area contributed by atoms with Crippen LogP contribution in [0.15, 0.2) is 18.2 Å². The number of likely N-dealkylation sites (tertiary alicyclic amines) is 1. The molecule has 2 unspecified atom stereocenters. The van der Waals surface area contributed by atoms with Crippen molar-refractivity contribution in [3.8, 4) is 0 Å². The Hall–Kier alpha value is -1.37. The third kappa shape index (κ3) is 3.94. The van der Waals surface area contributed by atoms with Crippen LogP contribution < -0.4 is 5.32 Å². The summed E-state index contributed by atoms with van der Waals surface area (Å²) >= 11 is 6.17. The Labute approximate surface area is 140 Å². The molecule has 2 atom stereocenters. The summed E-state index contributed by atoms with van der Waals surface area (Å²) in [6.07, 6.45) is 3.60. The van der Waals surface area contributed by atoms with E-state index in [9.17, 15) is 10.1 Å². The molecule has 0 aromatic heterocycles. The quantitative estimate of drug-likeness (QED) is 0.637. The van der Waals surface area contributed by atoms with Crippen LogP contribution in [0.25, 0.3) is 0 Å². The molecule has 0 saturated carbocycles. The summed E-state index contributed by atoms with van der Waals surface area (Å²) in [5, 5.41) is 14.6. The van der Waals surface area contributed by atoms with Crippen molar-refractivity contribution < 1.29 is 9.66 Å². The molecule has 0 radical (unpaired) electrons. The van der Waals surface area contributed by atoms with Gasteiger partial charge in [-0.1, -0.05) is 11.6 Å². The van der Waals surface area contributed by atoms with E-state index >= 15 is 0 Å². The van der Waals surface area contributed by atoms with Crippen LogP contribution in [-0.2, 0) is 4.74 Å². The lowest BCUT2D eigenvalue weighted by Crippen LogP contribution is -2.44. The highest BCUT2D eigenvalue weighted by Crippen LogP contribution is 2.29. The first kappa shape index (κ1) is 16.5. The molecule has 0 bridgehead atoms. The SMILES string of the molecule is O=[N+]([O-])c1ccc(NCC(C2CCOC2)N2CCCC2)c(Cl)c1. The lowest BCUT2D eigenvalue weighted by molar-refractivity contribution is -0.384.